The van der Waals surface area contributed by atoms with E-state index in [0.29, 0.717) is 5.75 Å². The number of fused-ring (bicyclic) bond motifs is 2. The zero-order valence-electron chi connectivity index (χ0n) is 13.0. The number of carbonyl (C=O) groups excluding carboxylic acids is 2. The monoisotopic (exact) mass is 334 g/mol. The molecular weight excluding hydrogens is 320 g/mol. The maximum atomic E-state index is 12.2. The fourth-order valence-electron chi connectivity index (χ4n) is 2.63. The quantitative estimate of drug-likeness (QED) is 0.459. The third-order valence-electron chi connectivity index (χ3n) is 3.78. The molecule has 0 bridgehead atoms. The van der Waals surface area contributed by atoms with Gasteiger partial charge in [-0.05, 0) is 24.3 Å². The van der Waals surface area contributed by atoms with Gasteiger partial charge in [-0.1, -0.05) is 42.5 Å². The van der Waals surface area contributed by atoms with E-state index in [4.69, 9.17) is 5.11 Å². The maximum Gasteiger partial charge on any atom is 0.198 e. The molecule has 0 saturated carbocycles. The Hall–Kier alpha value is -3.60. The van der Waals surface area contributed by atoms with Gasteiger partial charge in [-0.3, -0.25) is 9.59 Å². The molecule has 3 N–H and O–H groups in total. The molecule has 0 aliphatic heterocycles. The first-order chi connectivity index (χ1) is 12.0. The number of rotatable bonds is 0. The van der Waals surface area contributed by atoms with Gasteiger partial charge in [0.05, 0.1) is 11.1 Å². The molecular formula is C20H14O5. The molecule has 0 amide bonds. The van der Waals surface area contributed by atoms with E-state index in [2.05, 4.69) is 0 Å². The number of carbonyl (C=O) groups is 2. The molecule has 5 heteroatoms. The molecule has 0 fully saturated rings. The molecule has 0 radical (unpaired) electrons. The normalized spacial score (nSPS) is 11.8. The fourth-order valence-corrected chi connectivity index (χ4v) is 2.63. The van der Waals surface area contributed by atoms with Gasteiger partial charge in [0.2, 0.25) is 0 Å². The minimum absolute atomic E-state index is 0.000556. The van der Waals surface area contributed by atoms with Crippen LogP contribution in [-0.4, -0.2) is 26.9 Å². The predicted octanol–water partition coefficient (Wildman–Crippen LogP) is 3.27. The van der Waals surface area contributed by atoms with Crippen LogP contribution in [0.15, 0.2) is 66.7 Å². The van der Waals surface area contributed by atoms with Gasteiger partial charge in [-0.2, -0.15) is 0 Å². The molecule has 0 heterocycles. The van der Waals surface area contributed by atoms with Crippen LogP contribution in [0.4, 0.5) is 0 Å². The van der Waals surface area contributed by atoms with Crippen LogP contribution in [0.3, 0.4) is 0 Å². The smallest absolute Gasteiger partial charge is 0.198 e. The summed E-state index contributed by atoms with van der Waals surface area (Å²) in [6, 6.07) is 17.3. The van der Waals surface area contributed by atoms with Crippen LogP contribution in [0.25, 0.3) is 0 Å². The topological polar surface area (TPSA) is 94.8 Å². The molecule has 124 valence electrons. The highest BCUT2D eigenvalue weighted by Crippen LogP contribution is 2.35. The van der Waals surface area contributed by atoms with Crippen LogP contribution >= 0.6 is 0 Å². The van der Waals surface area contributed by atoms with E-state index < -0.39 is 11.6 Å². The van der Waals surface area contributed by atoms with Crippen LogP contribution in [-0.2, 0) is 0 Å². The van der Waals surface area contributed by atoms with E-state index in [0.717, 1.165) is 0 Å². The van der Waals surface area contributed by atoms with Gasteiger partial charge in [0, 0.05) is 11.1 Å². The van der Waals surface area contributed by atoms with Crippen molar-refractivity contribution >= 4 is 11.6 Å². The summed E-state index contributed by atoms with van der Waals surface area (Å²) >= 11 is 0. The third-order valence-corrected chi connectivity index (χ3v) is 3.78. The average Bonchev–Trinajstić information content (AvgIpc) is 2.60. The molecule has 0 atom stereocenters. The second kappa shape index (κ2) is 6.49. The van der Waals surface area contributed by atoms with Gasteiger partial charge in [-0.15, -0.1) is 0 Å². The summed E-state index contributed by atoms with van der Waals surface area (Å²) in [5.74, 6) is -1.02. The van der Waals surface area contributed by atoms with Crippen molar-refractivity contribution in [2.24, 2.45) is 0 Å². The van der Waals surface area contributed by atoms with Gasteiger partial charge in [0.1, 0.15) is 17.2 Å². The summed E-state index contributed by atoms with van der Waals surface area (Å²) in [6.45, 7) is 0. The number of hydrogen-bond acceptors (Lipinski definition) is 5. The first-order valence-corrected chi connectivity index (χ1v) is 7.48. The van der Waals surface area contributed by atoms with Gasteiger partial charge in [0.25, 0.3) is 0 Å². The van der Waals surface area contributed by atoms with Crippen LogP contribution in [0.2, 0.25) is 0 Å². The van der Waals surface area contributed by atoms with Crippen molar-refractivity contribution in [2.75, 3.05) is 0 Å². The lowest BCUT2D eigenvalue weighted by molar-refractivity contribution is 0.0974. The SMILES string of the molecule is O=C1c2cccc(O)c2C(=O)c2cccc(O)c21.Oc1ccccc1. The summed E-state index contributed by atoms with van der Waals surface area (Å²) in [5.41, 5.74) is 0.240. The Morgan fingerprint density at radius 2 is 0.960 bits per heavy atom. The summed E-state index contributed by atoms with van der Waals surface area (Å²) in [6.07, 6.45) is 0. The first kappa shape index (κ1) is 16.3. The highest BCUT2D eigenvalue weighted by atomic mass is 16.3. The summed E-state index contributed by atoms with van der Waals surface area (Å²) in [7, 11) is 0. The van der Waals surface area contributed by atoms with E-state index >= 15 is 0 Å². The number of benzene rings is 3. The zero-order chi connectivity index (χ0) is 18.0. The van der Waals surface area contributed by atoms with Gasteiger partial charge in [0.15, 0.2) is 11.6 Å². The molecule has 0 aromatic heterocycles. The number of hydrogen-bond donors (Lipinski definition) is 3. The van der Waals surface area contributed by atoms with E-state index in [1.807, 2.05) is 6.07 Å². The van der Waals surface area contributed by atoms with Crippen molar-refractivity contribution < 1.29 is 24.9 Å². The van der Waals surface area contributed by atoms with Crippen LogP contribution in [0.5, 0.6) is 17.2 Å². The molecule has 1 aliphatic rings. The number of phenolic OH excluding ortho intramolecular Hbond substituents is 3. The van der Waals surface area contributed by atoms with E-state index in [-0.39, 0.29) is 33.8 Å². The number of ketones is 2. The number of phenols is 3. The Kier molecular flexibility index (Phi) is 4.22. The van der Waals surface area contributed by atoms with Crippen LogP contribution < -0.4 is 0 Å². The van der Waals surface area contributed by atoms with Crippen molar-refractivity contribution in [3.8, 4) is 17.2 Å². The molecule has 25 heavy (non-hydrogen) atoms. The Morgan fingerprint density at radius 1 is 0.520 bits per heavy atom. The van der Waals surface area contributed by atoms with Gasteiger partial charge < -0.3 is 15.3 Å². The Morgan fingerprint density at radius 3 is 1.32 bits per heavy atom. The second-order valence-corrected chi connectivity index (χ2v) is 5.39. The third kappa shape index (κ3) is 2.95. The van der Waals surface area contributed by atoms with Gasteiger partial charge >= 0.3 is 0 Å². The number of para-hydroxylation sites is 1. The lowest BCUT2D eigenvalue weighted by Crippen LogP contribution is -2.20. The Balaban J connectivity index is 0.000000219. The van der Waals surface area contributed by atoms with Crippen molar-refractivity contribution in [3.05, 3.63) is 89.0 Å². The lowest BCUT2D eigenvalue weighted by Gasteiger charge is -2.18. The molecule has 1 aliphatic carbocycles. The van der Waals surface area contributed by atoms with Gasteiger partial charge in [-0.25, -0.2) is 0 Å². The van der Waals surface area contributed by atoms with E-state index in [9.17, 15) is 19.8 Å². The Labute approximate surface area is 143 Å². The lowest BCUT2D eigenvalue weighted by atomic mass is 9.83. The average molecular weight is 334 g/mol. The van der Waals surface area contributed by atoms with E-state index in [1.165, 1.54) is 36.4 Å². The molecule has 4 rings (SSSR count). The number of aromatic hydroxyl groups is 3. The molecule has 0 spiro atoms. The Bertz CT molecular complexity index is 900. The zero-order valence-corrected chi connectivity index (χ0v) is 13.0. The standard InChI is InChI=1S/C14H8O4.C6H6O/c15-9-5-1-3-7-11(9)14(18)8-4-2-6-10(16)12(8)13(7)17;7-6-4-2-1-3-5-6/h1-6,15-16H;1-5,7H. The van der Waals surface area contributed by atoms with Crippen molar-refractivity contribution in [2.45, 2.75) is 0 Å². The summed E-state index contributed by atoms with van der Waals surface area (Å²) < 4.78 is 0. The minimum atomic E-state index is -0.450. The molecule has 3 aromatic carbocycles. The predicted molar refractivity (Wildman–Crippen MR) is 91.2 cm³/mol. The maximum absolute atomic E-state index is 12.2. The summed E-state index contributed by atoms with van der Waals surface area (Å²) in [5, 5.41) is 28.0. The fraction of sp³-hybridized carbons (Fsp3) is 0. The molecule has 0 unspecified atom stereocenters. The second-order valence-electron chi connectivity index (χ2n) is 5.39. The summed E-state index contributed by atoms with van der Waals surface area (Å²) in [4.78, 5) is 24.4. The van der Waals surface area contributed by atoms with Crippen molar-refractivity contribution in [3.63, 3.8) is 0 Å². The highest BCUT2D eigenvalue weighted by molar-refractivity contribution is 6.30. The molecule has 5 nitrogen and oxygen atoms in total. The van der Waals surface area contributed by atoms with Crippen molar-refractivity contribution in [1.82, 2.24) is 0 Å². The first-order valence-electron chi connectivity index (χ1n) is 7.48. The molecule has 3 aromatic rings. The van der Waals surface area contributed by atoms with Crippen LogP contribution in [0.1, 0.15) is 31.8 Å². The minimum Gasteiger partial charge on any atom is -0.508 e. The highest BCUT2D eigenvalue weighted by Gasteiger charge is 2.33. The van der Waals surface area contributed by atoms with Crippen molar-refractivity contribution in [1.29, 1.82) is 0 Å². The van der Waals surface area contributed by atoms with E-state index in [1.54, 1.807) is 24.3 Å². The largest absolute Gasteiger partial charge is 0.508 e. The molecule has 0 saturated heterocycles. The van der Waals surface area contributed by atoms with Crippen LogP contribution in [0, 0.1) is 0 Å².